The number of hydrogen-bond acceptors (Lipinski definition) is 8. The molecule has 3 fully saturated rings. The van der Waals surface area contributed by atoms with Crippen LogP contribution in [0.1, 0.15) is 228 Å². The fourth-order valence-corrected chi connectivity index (χ4v) is 10.2. The number of rotatable bonds is 37. The molecule has 8 heteroatoms. The lowest BCUT2D eigenvalue weighted by molar-refractivity contribution is -0.144. The van der Waals surface area contributed by atoms with Gasteiger partial charge in [-0.05, 0) is 134 Å². The summed E-state index contributed by atoms with van der Waals surface area (Å²) in [7, 11) is 4.16. The SMILES string of the molecule is C=C(CCCCCCCC(CCCCCCCC(=O)OCCC(CCCCC)CCCCC)OC(=O)c1csc(CCCN(C)C)n1)OCCC12CCC(CC1)CC2. The topological polar surface area (TPSA) is 78.0 Å². The first-order valence-corrected chi connectivity index (χ1v) is 25.4. The molecular formula is C50H88N2O5S. The molecule has 7 nitrogen and oxygen atoms in total. The van der Waals surface area contributed by atoms with Crippen LogP contribution in [0.25, 0.3) is 0 Å². The smallest absolute Gasteiger partial charge is 0.358 e. The van der Waals surface area contributed by atoms with Gasteiger partial charge in [-0.15, -0.1) is 11.3 Å². The lowest BCUT2D eigenvalue weighted by Gasteiger charge is -2.46. The van der Waals surface area contributed by atoms with Crippen LogP contribution in [-0.2, 0) is 25.4 Å². The van der Waals surface area contributed by atoms with E-state index < -0.39 is 0 Å². The Morgan fingerprint density at radius 3 is 1.97 bits per heavy atom. The molecule has 0 saturated heterocycles. The molecular weight excluding hydrogens is 741 g/mol. The zero-order valence-corrected chi connectivity index (χ0v) is 38.9. The van der Waals surface area contributed by atoms with Crippen molar-refractivity contribution in [3.8, 4) is 0 Å². The number of thiazole rings is 1. The minimum absolute atomic E-state index is 0.0369. The predicted octanol–water partition coefficient (Wildman–Crippen LogP) is 14.2. The zero-order valence-electron chi connectivity index (χ0n) is 38.1. The summed E-state index contributed by atoms with van der Waals surface area (Å²) in [5, 5.41) is 2.87. The van der Waals surface area contributed by atoms with Gasteiger partial charge in [-0.3, -0.25) is 4.79 Å². The Labute approximate surface area is 360 Å². The van der Waals surface area contributed by atoms with E-state index in [0.717, 1.165) is 120 Å². The third-order valence-electron chi connectivity index (χ3n) is 13.3. The summed E-state index contributed by atoms with van der Waals surface area (Å²) in [6.45, 7) is 11.2. The number of ether oxygens (including phenoxy) is 3. The number of hydrogen-bond donors (Lipinski definition) is 0. The number of unbranched alkanes of at least 4 members (excludes halogenated alkanes) is 12. The van der Waals surface area contributed by atoms with E-state index in [4.69, 9.17) is 14.2 Å². The molecule has 0 radical (unpaired) electrons. The largest absolute Gasteiger partial charge is 0.499 e. The third kappa shape index (κ3) is 22.6. The summed E-state index contributed by atoms with van der Waals surface area (Å²) in [5.74, 6) is 2.35. The summed E-state index contributed by atoms with van der Waals surface area (Å²) < 4.78 is 17.9. The van der Waals surface area contributed by atoms with Gasteiger partial charge in [-0.2, -0.15) is 0 Å². The summed E-state index contributed by atoms with van der Waals surface area (Å²) in [6, 6.07) is 0. The Morgan fingerprint density at radius 1 is 0.759 bits per heavy atom. The van der Waals surface area contributed by atoms with Crippen LogP contribution in [0.15, 0.2) is 17.7 Å². The van der Waals surface area contributed by atoms with Crippen LogP contribution in [0.2, 0.25) is 0 Å². The first-order valence-electron chi connectivity index (χ1n) is 24.5. The molecule has 2 bridgehead atoms. The Kier molecular flexibility index (Phi) is 26.9. The van der Waals surface area contributed by atoms with Crippen LogP contribution in [0.5, 0.6) is 0 Å². The van der Waals surface area contributed by atoms with Crippen molar-refractivity contribution in [3.05, 3.63) is 28.4 Å². The number of carbonyl (C=O) groups excluding carboxylic acids is 2. The number of fused-ring (bicyclic) bond motifs is 3. The van der Waals surface area contributed by atoms with Crippen molar-refractivity contribution in [2.45, 2.75) is 225 Å². The Bertz CT molecular complexity index is 1200. The van der Waals surface area contributed by atoms with Gasteiger partial charge in [0.15, 0.2) is 5.69 Å². The van der Waals surface area contributed by atoms with E-state index in [2.05, 4.69) is 44.4 Å². The predicted molar refractivity (Wildman–Crippen MR) is 244 cm³/mol. The third-order valence-corrected chi connectivity index (χ3v) is 14.2. The first-order chi connectivity index (χ1) is 28.2. The normalized spacial score (nSPS) is 18.2. The van der Waals surface area contributed by atoms with Gasteiger partial charge in [0.05, 0.1) is 24.0 Å². The van der Waals surface area contributed by atoms with Crippen molar-refractivity contribution < 1.29 is 23.8 Å². The molecule has 1 aromatic heterocycles. The van der Waals surface area contributed by atoms with Gasteiger partial charge in [-0.25, -0.2) is 9.78 Å². The molecule has 1 atom stereocenters. The van der Waals surface area contributed by atoms with Crippen LogP contribution < -0.4 is 0 Å². The van der Waals surface area contributed by atoms with Crippen molar-refractivity contribution >= 4 is 23.3 Å². The molecule has 58 heavy (non-hydrogen) atoms. The van der Waals surface area contributed by atoms with E-state index in [1.807, 2.05) is 5.38 Å². The van der Waals surface area contributed by atoms with Crippen molar-refractivity contribution in [3.63, 3.8) is 0 Å². The highest BCUT2D eigenvalue weighted by molar-refractivity contribution is 7.09. The van der Waals surface area contributed by atoms with Crippen molar-refractivity contribution in [2.75, 3.05) is 33.9 Å². The minimum Gasteiger partial charge on any atom is -0.499 e. The van der Waals surface area contributed by atoms with Crippen LogP contribution in [-0.4, -0.2) is 61.8 Å². The highest BCUT2D eigenvalue weighted by atomic mass is 32.1. The van der Waals surface area contributed by atoms with Crippen molar-refractivity contribution in [1.29, 1.82) is 0 Å². The molecule has 0 spiro atoms. The molecule has 1 unspecified atom stereocenters. The average molecular weight is 829 g/mol. The van der Waals surface area contributed by atoms with Crippen LogP contribution >= 0.6 is 11.3 Å². The fraction of sp³-hybridized carbons (Fsp3) is 0.860. The first kappa shape index (κ1) is 50.4. The fourth-order valence-electron chi connectivity index (χ4n) is 9.34. The van der Waals surface area contributed by atoms with E-state index in [1.54, 1.807) is 11.3 Å². The number of allylic oxidation sites excluding steroid dienone is 1. The van der Waals surface area contributed by atoms with E-state index >= 15 is 0 Å². The Balaban J connectivity index is 1.30. The lowest BCUT2D eigenvalue weighted by Crippen LogP contribution is -2.34. The number of aryl methyl sites for hydroxylation is 1. The van der Waals surface area contributed by atoms with E-state index in [0.29, 0.717) is 30.1 Å². The quantitative estimate of drug-likeness (QED) is 0.0375. The maximum Gasteiger partial charge on any atom is 0.358 e. The summed E-state index contributed by atoms with van der Waals surface area (Å²) >= 11 is 1.57. The standard InChI is InChI=1S/C50H88N2O5S/c1-6-8-16-24-43(25-17-9-7-2)33-39-56-48(53)29-21-15-11-14-20-27-45(57-49(54)46-41-58-47(51-46)28-22-38-52(4)5)26-19-13-10-12-18-23-42(3)55-40-37-50-34-30-44(31-35-50)32-36-50/h41,43-45H,3,6-40H2,1-2,4-5H3. The molecule has 0 amide bonds. The minimum atomic E-state index is -0.277. The highest BCUT2D eigenvalue weighted by Gasteiger charge is 2.39. The van der Waals surface area contributed by atoms with Gasteiger partial charge < -0.3 is 19.1 Å². The van der Waals surface area contributed by atoms with E-state index in [1.165, 1.54) is 109 Å². The average Bonchev–Trinajstić information content (AvgIpc) is 3.69. The molecule has 0 aliphatic heterocycles. The maximum absolute atomic E-state index is 13.2. The van der Waals surface area contributed by atoms with Crippen LogP contribution in [0, 0.1) is 17.3 Å². The number of nitrogens with zero attached hydrogens (tertiary/aromatic N) is 2. The monoisotopic (exact) mass is 829 g/mol. The molecule has 0 N–H and O–H groups in total. The van der Waals surface area contributed by atoms with Gasteiger partial charge in [0, 0.05) is 24.6 Å². The molecule has 4 rings (SSSR count). The molecule has 3 aliphatic rings. The number of carbonyl (C=O) groups is 2. The second kappa shape index (κ2) is 31.0. The van der Waals surface area contributed by atoms with Crippen molar-refractivity contribution in [2.24, 2.45) is 17.3 Å². The Morgan fingerprint density at radius 2 is 1.34 bits per heavy atom. The second-order valence-corrected chi connectivity index (χ2v) is 19.6. The van der Waals surface area contributed by atoms with Crippen LogP contribution in [0.3, 0.4) is 0 Å². The molecule has 3 aliphatic carbocycles. The number of aromatic nitrogens is 1. The van der Waals surface area contributed by atoms with Gasteiger partial charge >= 0.3 is 11.9 Å². The van der Waals surface area contributed by atoms with Gasteiger partial charge in [0.25, 0.3) is 0 Å². The summed E-state index contributed by atoms with van der Waals surface area (Å²) in [6.07, 6.45) is 36.9. The molecule has 1 heterocycles. The van der Waals surface area contributed by atoms with Gasteiger partial charge in [0.2, 0.25) is 0 Å². The van der Waals surface area contributed by atoms with Gasteiger partial charge in [0.1, 0.15) is 6.10 Å². The summed E-state index contributed by atoms with van der Waals surface area (Å²) in [5.41, 5.74) is 1.02. The van der Waals surface area contributed by atoms with E-state index in [9.17, 15) is 9.59 Å². The van der Waals surface area contributed by atoms with Crippen LogP contribution in [0.4, 0.5) is 0 Å². The Hall–Kier alpha value is -1.93. The summed E-state index contributed by atoms with van der Waals surface area (Å²) in [4.78, 5) is 32.5. The molecule has 0 aromatic carbocycles. The van der Waals surface area contributed by atoms with Crippen molar-refractivity contribution in [1.82, 2.24) is 9.88 Å². The molecule has 334 valence electrons. The van der Waals surface area contributed by atoms with Gasteiger partial charge in [-0.1, -0.05) is 110 Å². The second-order valence-electron chi connectivity index (χ2n) is 18.7. The maximum atomic E-state index is 13.2. The van der Waals surface area contributed by atoms with E-state index in [-0.39, 0.29) is 18.0 Å². The highest BCUT2D eigenvalue weighted by Crippen LogP contribution is 2.52. The molecule has 1 aromatic rings. The zero-order chi connectivity index (χ0) is 41.7. The lowest BCUT2D eigenvalue weighted by atomic mass is 9.59. The molecule has 3 saturated carbocycles. The number of esters is 2.